The summed E-state index contributed by atoms with van der Waals surface area (Å²) in [5.41, 5.74) is 0. The van der Waals surface area contributed by atoms with Gasteiger partial charge in [0.05, 0.1) is 0 Å². The molecule has 0 rings (SSSR count). The number of unbranched alkanes of at least 4 members (excludes halogenated alkanes) is 24. The van der Waals surface area contributed by atoms with Crippen LogP contribution in [-0.2, 0) is 28.6 Å². The molecule has 0 aromatic rings. The van der Waals surface area contributed by atoms with Gasteiger partial charge in [-0.05, 0) is 89.9 Å². The molecular formula is C66H110O6. The Morgan fingerprint density at radius 1 is 0.292 bits per heavy atom. The Morgan fingerprint density at radius 3 is 0.847 bits per heavy atom. The highest BCUT2D eigenvalue weighted by Gasteiger charge is 2.19. The normalized spacial score (nSPS) is 12.9. The van der Waals surface area contributed by atoms with E-state index in [-0.39, 0.29) is 31.1 Å². The number of carbonyl (C=O) groups is 3. The van der Waals surface area contributed by atoms with Crippen molar-refractivity contribution in [1.82, 2.24) is 0 Å². The molecule has 6 heteroatoms. The van der Waals surface area contributed by atoms with Crippen LogP contribution in [0.15, 0.2) is 109 Å². The monoisotopic (exact) mass is 999 g/mol. The van der Waals surface area contributed by atoms with Crippen LogP contribution in [0.1, 0.15) is 271 Å². The average Bonchev–Trinajstić information content (AvgIpc) is 3.38. The maximum Gasteiger partial charge on any atom is 0.306 e. The van der Waals surface area contributed by atoms with Crippen LogP contribution in [0.5, 0.6) is 0 Å². The van der Waals surface area contributed by atoms with E-state index in [9.17, 15) is 14.4 Å². The maximum atomic E-state index is 12.8. The van der Waals surface area contributed by atoms with Crippen molar-refractivity contribution in [1.29, 1.82) is 0 Å². The quantitative estimate of drug-likeness (QED) is 0.0261. The third-order valence-corrected chi connectivity index (χ3v) is 12.5. The van der Waals surface area contributed by atoms with Gasteiger partial charge in [-0.2, -0.15) is 0 Å². The first-order valence-electron chi connectivity index (χ1n) is 29.9. The van der Waals surface area contributed by atoms with E-state index < -0.39 is 6.10 Å². The standard InChI is InChI=1S/C66H110O6/c1-4-7-10-13-16-19-21-23-24-25-26-27-28-29-30-31-32-33-34-35-36-37-38-39-40-41-42-43-45-47-50-53-56-59-65(68)71-62-63(61-70-64(67)58-55-52-49-46-18-15-12-9-6-3)72-66(69)60-57-54-51-48-44-22-20-17-14-11-8-5-2/h7,10,16,19,23-24,26-27,29-30,32-33,35-36,38-39,41-42,63H,4-6,8-9,11-15,17-18,20-22,25,28,31,34,37,40,43-62H2,1-3H3/b10-7-,19-16-,24-23-,27-26-,30-29-,33-32-,36-35-,39-38-,42-41-. The number of esters is 3. The van der Waals surface area contributed by atoms with Crippen LogP contribution >= 0.6 is 0 Å². The summed E-state index contributed by atoms with van der Waals surface area (Å²) in [6.45, 7) is 6.49. The van der Waals surface area contributed by atoms with E-state index in [4.69, 9.17) is 14.2 Å². The Hall–Kier alpha value is -3.93. The van der Waals surface area contributed by atoms with Crippen molar-refractivity contribution in [3.63, 3.8) is 0 Å². The fourth-order valence-corrected chi connectivity index (χ4v) is 8.08. The Kier molecular flexibility index (Phi) is 56.4. The molecule has 0 heterocycles. The minimum absolute atomic E-state index is 0.0812. The van der Waals surface area contributed by atoms with Gasteiger partial charge in [0.15, 0.2) is 6.10 Å². The maximum absolute atomic E-state index is 12.8. The highest BCUT2D eigenvalue weighted by molar-refractivity contribution is 5.71. The van der Waals surface area contributed by atoms with E-state index in [2.05, 4.69) is 130 Å². The number of ether oxygens (including phenoxy) is 3. The summed E-state index contributed by atoms with van der Waals surface area (Å²) in [4.78, 5) is 38.0. The van der Waals surface area contributed by atoms with Crippen molar-refractivity contribution in [2.45, 2.75) is 277 Å². The smallest absolute Gasteiger partial charge is 0.306 e. The largest absolute Gasteiger partial charge is 0.462 e. The third-order valence-electron chi connectivity index (χ3n) is 12.5. The Balaban J connectivity index is 4.20. The fourth-order valence-electron chi connectivity index (χ4n) is 8.08. The molecule has 1 atom stereocenters. The molecule has 72 heavy (non-hydrogen) atoms. The molecule has 0 aromatic heterocycles. The van der Waals surface area contributed by atoms with Gasteiger partial charge in [-0.3, -0.25) is 14.4 Å². The first-order chi connectivity index (χ1) is 35.5. The molecule has 0 aliphatic rings. The van der Waals surface area contributed by atoms with Gasteiger partial charge < -0.3 is 14.2 Å². The summed E-state index contributed by atoms with van der Waals surface area (Å²) < 4.78 is 16.8. The van der Waals surface area contributed by atoms with Crippen LogP contribution in [0.25, 0.3) is 0 Å². The van der Waals surface area contributed by atoms with Crippen LogP contribution in [0.3, 0.4) is 0 Å². The minimum atomic E-state index is -0.782. The van der Waals surface area contributed by atoms with E-state index in [0.29, 0.717) is 19.3 Å². The Labute approximate surface area is 444 Å². The van der Waals surface area contributed by atoms with Gasteiger partial charge in [-0.15, -0.1) is 0 Å². The zero-order valence-electron chi connectivity index (χ0n) is 46.9. The SMILES string of the molecule is CC/C=C\C/C=C\C/C=C\C/C=C\C/C=C\C/C=C\C/C=C\C/C=C\C/C=C\CCCCCCCC(=O)OCC(COC(=O)CCCCCCCCCCC)OC(=O)CCCCCCCCCCCCCC. The highest BCUT2D eigenvalue weighted by atomic mass is 16.6. The molecule has 0 saturated carbocycles. The summed E-state index contributed by atoms with van der Waals surface area (Å²) in [6.07, 6.45) is 81.0. The van der Waals surface area contributed by atoms with Gasteiger partial charge in [-0.1, -0.05) is 271 Å². The Morgan fingerprint density at radius 2 is 0.542 bits per heavy atom. The third kappa shape index (κ3) is 57.0. The van der Waals surface area contributed by atoms with E-state index in [1.165, 1.54) is 96.3 Å². The lowest BCUT2D eigenvalue weighted by Crippen LogP contribution is -2.30. The molecule has 6 nitrogen and oxygen atoms in total. The molecule has 0 amide bonds. The van der Waals surface area contributed by atoms with Gasteiger partial charge in [0.25, 0.3) is 0 Å². The van der Waals surface area contributed by atoms with Gasteiger partial charge >= 0.3 is 17.9 Å². The van der Waals surface area contributed by atoms with Crippen LogP contribution in [0, 0.1) is 0 Å². The molecule has 0 aliphatic carbocycles. The molecular weight excluding hydrogens is 889 g/mol. The van der Waals surface area contributed by atoms with E-state index >= 15 is 0 Å². The molecule has 0 fully saturated rings. The second-order valence-corrected chi connectivity index (χ2v) is 19.5. The van der Waals surface area contributed by atoms with Crippen LogP contribution in [-0.4, -0.2) is 37.2 Å². The molecule has 0 N–H and O–H groups in total. The van der Waals surface area contributed by atoms with Gasteiger partial charge in [0, 0.05) is 19.3 Å². The molecule has 0 saturated heterocycles. The zero-order valence-corrected chi connectivity index (χ0v) is 46.9. The highest BCUT2D eigenvalue weighted by Crippen LogP contribution is 2.15. The van der Waals surface area contributed by atoms with Crippen molar-refractivity contribution in [3.05, 3.63) is 109 Å². The number of hydrogen-bond donors (Lipinski definition) is 0. The molecule has 0 bridgehead atoms. The summed E-state index contributed by atoms with van der Waals surface area (Å²) in [5, 5.41) is 0. The second-order valence-electron chi connectivity index (χ2n) is 19.5. The summed E-state index contributed by atoms with van der Waals surface area (Å²) >= 11 is 0. The lowest BCUT2D eigenvalue weighted by Gasteiger charge is -2.18. The van der Waals surface area contributed by atoms with E-state index in [1.807, 2.05) is 0 Å². The zero-order chi connectivity index (χ0) is 52.2. The molecule has 1 unspecified atom stereocenters. The van der Waals surface area contributed by atoms with Crippen molar-refractivity contribution in [2.24, 2.45) is 0 Å². The summed E-state index contributed by atoms with van der Waals surface area (Å²) in [6, 6.07) is 0. The van der Waals surface area contributed by atoms with E-state index in [0.717, 1.165) is 135 Å². The first kappa shape index (κ1) is 68.1. The number of carbonyl (C=O) groups excluding carboxylic acids is 3. The lowest BCUT2D eigenvalue weighted by molar-refractivity contribution is -0.167. The number of rotatable bonds is 53. The molecule has 0 aromatic carbocycles. The molecule has 410 valence electrons. The second kappa shape index (κ2) is 59.6. The van der Waals surface area contributed by atoms with Gasteiger partial charge in [-0.25, -0.2) is 0 Å². The first-order valence-corrected chi connectivity index (χ1v) is 29.9. The number of allylic oxidation sites excluding steroid dienone is 18. The summed E-state index contributed by atoms with van der Waals surface area (Å²) in [5.74, 6) is -0.902. The van der Waals surface area contributed by atoms with Crippen LogP contribution in [0.4, 0.5) is 0 Å². The van der Waals surface area contributed by atoms with Crippen LogP contribution < -0.4 is 0 Å². The molecule has 0 radical (unpaired) electrons. The predicted octanol–water partition coefficient (Wildman–Crippen LogP) is 20.3. The predicted molar refractivity (Wildman–Crippen MR) is 311 cm³/mol. The van der Waals surface area contributed by atoms with Crippen LogP contribution in [0.2, 0.25) is 0 Å². The Bertz CT molecular complexity index is 1470. The molecule has 0 aliphatic heterocycles. The van der Waals surface area contributed by atoms with Gasteiger partial charge in [0.1, 0.15) is 13.2 Å². The van der Waals surface area contributed by atoms with E-state index in [1.54, 1.807) is 0 Å². The number of hydrogen-bond acceptors (Lipinski definition) is 6. The average molecular weight is 1000 g/mol. The fraction of sp³-hybridized carbons (Fsp3) is 0.682. The minimum Gasteiger partial charge on any atom is -0.462 e. The molecule has 0 spiro atoms. The van der Waals surface area contributed by atoms with Crippen molar-refractivity contribution >= 4 is 17.9 Å². The van der Waals surface area contributed by atoms with Crippen molar-refractivity contribution < 1.29 is 28.6 Å². The summed E-state index contributed by atoms with van der Waals surface area (Å²) in [7, 11) is 0. The van der Waals surface area contributed by atoms with Crippen molar-refractivity contribution in [3.8, 4) is 0 Å². The topological polar surface area (TPSA) is 78.9 Å². The van der Waals surface area contributed by atoms with Gasteiger partial charge in [0.2, 0.25) is 0 Å². The van der Waals surface area contributed by atoms with Crippen molar-refractivity contribution in [2.75, 3.05) is 13.2 Å². The lowest BCUT2D eigenvalue weighted by atomic mass is 10.0.